The second kappa shape index (κ2) is 6.27. The maximum atomic E-state index is 12.3. The minimum atomic E-state index is -0.328. The second-order valence-corrected chi connectivity index (χ2v) is 5.93. The summed E-state index contributed by atoms with van der Waals surface area (Å²) in [7, 11) is 0. The maximum Gasteiger partial charge on any atom is 0.230 e. The van der Waals surface area contributed by atoms with E-state index in [2.05, 4.69) is 19.2 Å². The van der Waals surface area contributed by atoms with E-state index in [-0.39, 0.29) is 11.3 Å². The topological polar surface area (TPSA) is 64.3 Å². The van der Waals surface area contributed by atoms with E-state index >= 15 is 0 Å². The van der Waals surface area contributed by atoms with Crippen molar-refractivity contribution in [2.45, 2.75) is 32.1 Å². The Kier molecular flexibility index (Phi) is 4.65. The zero-order valence-electron chi connectivity index (χ0n) is 12.3. The molecule has 0 bridgehead atoms. The van der Waals surface area contributed by atoms with Gasteiger partial charge >= 0.3 is 0 Å². The van der Waals surface area contributed by atoms with Crippen LogP contribution in [0.2, 0.25) is 0 Å². The van der Waals surface area contributed by atoms with Crippen molar-refractivity contribution < 1.29 is 9.53 Å². The molecule has 110 valence electrons. The lowest BCUT2D eigenvalue weighted by Gasteiger charge is -2.16. The van der Waals surface area contributed by atoms with Crippen molar-refractivity contribution >= 4 is 11.6 Å². The lowest BCUT2D eigenvalue weighted by molar-refractivity contribution is -0.123. The summed E-state index contributed by atoms with van der Waals surface area (Å²) >= 11 is 0. The summed E-state index contributed by atoms with van der Waals surface area (Å²) in [4.78, 5) is 12.3. The molecule has 0 aromatic heterocycles. The van der Waals surface area contributed by atoms with Crippen molar-refractivity contribution in [3.8, 4) is 0 Å². The van der Waals surface area contributed by atoms with Crippen molar-refractivity contribution in [2.24, 2.45) is 5.92 Å². The van der Waals surface area contributed by atoms with Gasteiger partial charge in [0.2, 0.25) is 5.91 Å². The molecule has 1 fully saturated rings. The lowest BCUT2D eigenvalue weighted by Crippen LogP contribution is -2.36. The Hall–Kier alpha value is -1.55. The van der Waals surface area contributed by atoms with Crippen LogP contribution in [0.25, 0.3) is 0 Å². The number of nitrogens with two attached hydrogens (primary N) is 1. The summed E-state index contributed by atoms with van der Waals surface area (Å²) in [5.41, 5.74) is 7.15. The zero-order chi connectivity index (χ0) is 14.6. The van der Waals surface area contributed by atoms with Crippen LogP contribution in [0.5, 0.6) is 0 Å². The lowest BCUT2D eigenvalue weighted by atomic mass is 9.95. The third-order valence-electron chi connectivity index (χ3n) is 3.63. The summed E-state index contributed by atoms with van der Waals surface area (Å²) in [6.45, 7) is 6.10. The Labute approximate surface area is 120 Å². The van der Waals surface area contributed by atoms with E-state index in [1.165, 1.54) is 0 Å². The Morgan fingerprint density at radius 1 is 1.35 bits per heavy atom. The van der Waals surface area contributed by atoms with Gasteiger partial charge < -0.3 is 15.8 Å². The van der Waals surface area contributed by atoms with Crippen LogP contribution in [0, 0.1) is 5.92 Å². The first kappa shape index (κ1) is 14.9. The molecule has 0 unspecified atom stereocenters. The Morgan fingerprint density at radius 3 is 2.55 bits per heavy atom. The number of carbonyl (C=O) groups excluding carboxylic acids is 1. The predicted molar refractivity (Wildman–Crippen MR) is 80.4 cm³/mol. The highest BCUT2D eigenvalue weighted by Crippen LogP contribution is 2.48. The van der Waals surface area contributed by atoms with E-state index in [1.807, 2.05) is 24.3 Å². The molecular formula is C16H24N2O2. The fourth-order valence-electron chi connectivity index (χ4n) is 2.30. The fraction of sp³-hybridized carbons (Fsp3) is 0.562. The van der Waals surface area contributed by atoms with E-state index in [9.17, 15) is 4.79 Å². The predicted octanol–water partition coefficient (Wildman–Crippen LogP) is 2.09. The molecule has 0 spiro atoms. The quantitative estimate of drug-likeness (QED) is 0.592. The standard InChI is InChI=1S/C16H24N2O2/c1-12(2)11-20-10-9-18-15(19)16(7-8-16)13-3-5-14(17)6-4-13/h3-6,12H,7-11,17H2,1-2H3,(H,18,19). The third kappa shape index (κ3) is 3.51. The molecule has 0 aliphatic heterocycles. The molecular weight excluding hydrogens is 252 g/mol. The Morgan fingerprint density at radius 2 is 2.00 bits per heavy atom. The van der Waals surface area contributed by atoms with E-state index in [0.29, 0.717) is 19.1 Å². The van der Waals surface area contributed by atoms with Gasteiger partial charge in [0.05, 0.1) is 12.0 Å². The molecule has 1 amide bonds. The van der Waals surface area contributed by atoms with E-state index in [4.69, 9.17) is 10.5 Å². The average Bonchev–Trinajstić information content (AvgIpc) is 3.20. The first-order chi connectivity index (χ1) is 9.54. The third-order valence-corrected chi connectivity index (χ3v) is 3.63. The van der Waals surface area contributed by atoms with Crippen molar-refractivity contribution in [3.63, 3.8) is 0 Å². The second-order valence-electron chi connectivity index (χ2n) is 5.93. The number of benzene rings is 1. The summed E-state index contributed by atoms with van der Waals surface area (Å²) in [6, 6.07) is 7.62. The smallest absolute Gasteiger partial charge is 0.230 e. The highest BCUT2D eigenvalue weighted by Gasteiger charge is 2.50. The van der Waals surface area contributed by atoms with Gasteiger partial charge in [-0.05, 0) is 36.5 Å². The molecule has 20 heavy (non-hydrogen) atoms. The summed E-state index contributed by atoms with van der Waals surface area (Å²) in [5, 5.41) is 2.98. The van der Waals surface area contributed by atoms with Crippen LogP contribution in [0.15, 0.2) is 24.3 Å². The number of amides is 1. The molecule has 4 nitrogen and oxygen atoms in total. The van der Waals surface area contributed by atoms with Gasteiger partial charge in [-0.1, -0.05) is 26.0 Å². The van der Waals surface area contributed by atoms with Crippen LogP contribution in [-0.4, -0.2) is 25.7 Å². The molecule has 0 saturated heterocycles. The normalized spacial score (nSPS) is 16.1. The minimum Gasteiger partial charge on any atom is -0.399 e. The molecule has 4 heteroatoms. The van der Waals surface area contributed by atoms with Crippen molar-refractivity contribution in [1.82, 2.24) is 5.32 Å². The van der Waals surface area contributed by atoms with Gasteiger partial charge in [-0.3, -0.25) is 4.79 Å². The van der Waals surface area contributed by atoms with Crippen LogP contribution < -0.4 is 11.1 Å². The van der Waals surface area contributed by atoms with E-state index < -0.39 is 0 Å². The molecule has 1 aromatic rings. The van der Waals surface area contributed by atoms with Crippen LogP contribution in [0.3, 0.4) is 0 Å². The molecule has 0 atom stereocenters. The van der Waals surface area contributed by atoms with Crippen molar-refractivity contribution in [2.75, 3.05) is 25.5 Å². The number of rotatable bonds is 7. The average molecular weight is 276 g/mol. The molecule has 3 N–H and O–H groups in total. The summed E-state index contributed by atoms with van der Waals surface area (Å²) in [5.74, 6) is 0.630. The monoisotopic (exact) mass is 276 g/mol. The number of nitrogen functional groups attached to an aromatic ring is 1. The number of carbonyl (C=O) groups is 1. The zero-order valence-corrected chi connectivity index (χ0v) is 12.3. The van der Waals surface area contributed by atoms with Gasteiger partial charge in [-0.25, -0.2) is 0 Å². The first-order valence-corrected chi connectivity index (χ1v) is 7.27. The van der Waals surface area contributed by atoms with Crippen LogP contribution in [-0.2, 0) is 14.9 Å². The molecule has 1 aromatic carbocycles. The number of anilines is 1. The SMILES string of the molecule is CC(C)COCCNC(=O)C1(c2ccc(N)cc2)CC1. The Bertz CT molecular complexity index is 450. The van der Waals surface area contributed by atoms with Gasteiger partial charge in [0.25, 0.3) is 0 Å². The highest BCUT2D eigenvalue weighted by atomic mass is 16.5. The van der Waals surface area contributed by atoms with Gasteiger partial charge in [0.15, 0.2) is 0 Å². The first-order valence-electron chi connectivity index (χ1n) is 7.27. The molecule has 0 heterocycles. The summed E-state index contributed by atoms with van der Waals surface area (Å²) in [6.07, 6.45) is 1.82. The van der Waals surface area contributed by atoms with Gasteiger partial charge in [0, 0.05) is 18.8 Å². The van der Waals surface area contributed by atoms with Gasteiger partial charge in [-0.15, -0.1) is 0 Å². The van der Waals surface area contributed by atoms with Crippen LogP contribution >= 0.6 is 0 Å². The van der Waals surface area contributed by atoms with E-state index in [1.54, 1.807) is 0 Å². The van der Waals surface area contributed by atoms with Crippen LogP contribution in [0.1, 0.15) is 32.3 Å². The molecule has 2 rings (SSSR count). The number of hydrogen-bond donors (Lipinski definition) is 2. The van der Waals surface area contributed by atoms with Gasteiger partial charge in [-0.2, -0.15) is 0 Å². The molecule has 1 aliphatic carbocycles. The highest BCUT2D eigenvalue weighted by molar-refractivity contribution is 5.91. The van der Waals surface area contributed by atoms with E-state index in [0.717, 1.165) is 30.7 Å². The van der Waals surface area contributed by atoms with Crippen LogP contribution in [0.4, 0.5) is 5.69 Å². The Balaban J connectivity index is 1.81. The molecule has 1 aliphatic rings. The maximum absolute atomic E-state index is 12.3. The minimum absolute atomic E-state index is 0.107. The molecule has 0 radical (unpaired) electrons. The number of ether oxygens (including phenoxy) is 1. The number of nitrogens with one attached hydrogen (secondary N) is 1. The van der Waals surface area contributed by atoms with Crippen molar-refractivity contribution in [3.05, 3.63) is 29.8 Å². The van der Waals surface area contributed by atoms with Crippen molar-refractivity contribution in [1.29, 1.82) is 0 Å². The van der Waals surface area contributed by atoms with Gasteiger partial charge in [0.1, 0.15) is 0 Å². The molecule has 1 saturated carbocycles. The largest absolute Gasteiger partial charge is 0.399 e. The fourth-order valence-corrected chi connectivity index (χ4v) is 2.30. The number of hydrogen-bond acceptors (Lipinski definition) is 3. The summed E-state index contributed by atoms with van der Waals surface area (Å²) < 4.78 is 5.47.